The molecule has 1 amide bonds. The average molecular weight is 684 g/mol. The summed E-state index contributed by atoms with van der Waals surface area (Å²) in [4.78, 5) is 23.3. The first kappa shape index (κ1) is 37.1. The van der Waals surface area contributed by atoms with E-state index in [2.05, 4.69) is 28.8 Å². The van der Waals surface area contributed by atoms with Gasteiger partial charge >= 0.3 is 6.09 Å². The highest BCUT2D eigenvalue weighted by molar-refractivity contribution is 6.02. The second-order valence-electron chi connectivity index (χ2n) is 13.5. The maximum Gasteiger partial charge on any atom is 0.410 e. The van der Waals surface area contributed by atoms with Gasteiger partial charge in [0.2, 0.25) is 5.79 Å². The number of allylic oxidation sites excluding steroid dienone is 1. The van der Waals surface area contributed by atoms with E-state index < -0.39 is 17.9 Å². The van der Waals surface area contributed by atoms with Crippen molar-refractivity contribution < 1.29 is 38.8 Å². The Morgan fingerprint density at radius 1 is 1.16 bits per heavy atom. The number of benzene rings is 1. The number of oxime groups is 1. The van der Waals surface area contributed by atoms with Crippen LogP contribution < -0.4 is 9.47 Å². The summed E-state index contributed by atoms with van der Waals surface area (Å²) in [6, 6.07) is 5.52. The van der Waals surface area contributed by atoms with Gasteiger partial charge in [-0.05, 0) is 74.6 Å². The maximum atomic E-state index is 13.7. The van der Waals surface area contributed by atoms with Crippen LogP contribution in [0.4, 0.5) is 4.79 Å². The SMILES string of the molecule is C=CCO[C@@]12Oc3ccc(OCCN4CC4)cc3[C@H]3[C@H](CCCCO)[C@@H](CCCCO)C=C(C(=NOC)C[C@@H]1N(CCC)C(=O)OCC)[C@H]32. The van der Waals surface area contributed by atoms with E-state index in [-0.39, 0.29) is 50.1 Å². The maximum absolute atomic E-state index is 13.7. The molecule has 272 valence electrons. The van der Waals surface area contributed by atoms with Crippen LogP contribution in [0.2, 0.25) is 0 Å². The van der Waals surface area contributed by atoms with E-state index in [1.165, 1.54) is 0 Å². The summed E-state index contributed by atoms with van der Waals surface area (Å²) < 4.78 is 26.0. The topological polar surface area (TPSA) is 122 Å². The van der Waals surface area contributed by atoms with Gasteiger partial charge < -0.3 is 34.0 Å². The van der Waals surface area contributed by atoms with E-state index in [1.807, 2.05) is 26.0 Å². The van der Waals surface area contributed by atoms with Gasteiger partial charge in [0.25, 0.3) is 0 Å². The average Bonchev–Trinajstić information content (AvgIpc) is 3.93. The largest absolute Gasteiger partial charge is 0.492 e. The fourth-order valence-electron chi connectivity index (χ4n) is 8.26. The molecular formula is C38H57N3O8. The minimum atomic E-state index is -1.28. The molecule has 0 spiro atoms. The van der Waals surface area contributed by atoms with E-state index in [0.29, 0.717) is 38.2 Å². The molecule has 1 aromatic carbocycles. The Kier molecular flexibility index (Phi) is 13.4. The van der Waals surface area contributed by atoms with Crippen molar-refractivity contribution in [2.24, 2.45) is 22.9 Å². The monoisotopic (exact) mass is 683 g/mol. The number of carbonyl (C=O) groups is 1. The van der Waals surface area contributed by atoms with Crippen molar-refractivity contribution in [1.82, 2.24) is 9.80 Å². The lowest BCUT2D eigenvalue weighted by Crippen LogP contribution is -2.70. The van der Waals surface area contributed by atoms with E-state index in [1.54, 1.807) is 18.1 Å². The van der Waals surface area contributed by atoms with Gasteiger partial charge in [-0.2, -0.15) is 0 Å². The molecule has 6 atom stereocenters. The van der Waals surface area contributed by atoms with Crippen LogP contribution >= 0.6 is 0 Å². The van der Waals surface area contributed by atoms with Gasteiger partial charge in [0.1, 0.15) is 31.3 Å². The number of carbonyl (C=O) groups excluding carboxylic acids is 1. The van der Waals surface area contributed by atoms with Crippen molar-refractivity contribution in [2.75, 3.05) is 66.3 Å². The van der Waals surface area contributed by atoms with E-state index >= 15 is 0 Å². The molecule has 2 aliphatic carbocycles. The number of amides is 1. The lowest BCUT2D eigenvalue weighted by atomic mass is 9.55. The molecule has 0 unspecified atom stereocenters. The van der Waals surface area contributed by atoms with Crippen LogP contribution in [0.25, 0.3) is 0 Å². The van der Waals surface area contributed by atoms with Crippen molar-refractivity contribution in [3.05, 3.63) is 48.1 Å². The van der Waals surface area contributed by atoms with Crippen LogP contribution in [0.15, 0.2) is 47.7 Å². The molecule has 0 aromatic heterocycles. The molecule has 49 heavy (non-hydrogen) atoms. The molecule has 4 aliphatic rings. The van der Waals surface area contributed by atoms with Crippen LogP contribution in [-0.4, -0.2) is 110 Å². The molecule has 11 heteroatoms. The Balaban J connectivity index is 1.71. The van der Waals surface area contributed by atoms with Gasteiger partial charge in [0, 0.05) is 57.3 Å². The van der Waals surface area contributed by atoms with Gasteiger partial charge in [0.15, 0.2) is 0 Å². The smallest absolute Gasteiger partial charge is 0.410 e. The molecule has 11 nitrogen and oxygen atoms in total. The number of unbranched alkanes of at least 4 members (excludes halogenated alkanes) is 2. The number of hydrogen-bond acceptors (Lipinski definition) is 10. The lowest BCUT2D eigenvalue weighted by molar-refractivity contribution is -0.255. The standard InChI is InChI=1S/C38H57N3O8/c1-5-16-41(37(44)46-7-3)34-26-32(39-45-4)30-24-27(12-8-10-20-42)29(13-9-11-21-43)35-31-25-28(47-23-19-40-17-18-40)14-15-33(31)49-38(34,36(30)35)48-22-6-2/h6,14-15,24-25,27,29,34-36,42-43H,2,5,7-13,16-23,26H2,1,3-4H3/t27-,29+,34-,35+,36+,38+/m0/s1. The summed E-state index contributed by atoms with van der Waals surface area (Å²) in [6.45, 7) is 12.8. The van der Waals surface area contributed by atoms with Crippen molar-refractivity contribution >= 4 is 11.8 Å². The van der Waals surface area contributed by atoms with Gasteiger partial charge in [-0.25, -0.2) is 4.79 Å². The fourth-order valence-corrected chi connectivity index (χ4v) is 8.26. The summed E-state index contributed by atoms with van der Waals surface area (Å²) in [5.74, 6) is 0.129. The number of nitrogens with zero attached hydrogens (tertiary/aromatic N) is 3. The lowest BCUT2D eigenvalue weighted by Gasteiger charge is -2.59. The number of aliphatic hydroxyl groups is 2. The van der Waals surface area contributed by atoms with Crippen molar-refractivity contribution in [3.8, 4) is 11.5 Å². The highest BCUT2D eigenvalue weighted by Gasteiger charge is 2.65. The zero-order valence-electron chi connectivity index (χ0n) is 29.7. The van der Waals surface area contributed by atoms with E-state index in [0.717, 1.165) is 74.3 Å². The Morgan fingerprint density at radius 2 is 1.94 bits per heavy atom. The molecule has 5 rings (SSSR count). The highest BCUT2D eigenvalue weighted by atomic mass is 16.7. The van der Waals surface area contributed by atoms with Gasteiger partial charge in [0.05, 0.1) is 24.8 Å². The van der Waals surface area contributed by atoms with Crippen molar-refractivity contribution in [2.45, 2.75) is 83.0 Å². The zero-order valence-corrected chi connectivity index (χ0v) is 29.7. The predicted molar refractivity (Wildman–Crippen MR) is 188 cm³/mol. The first-order valence-corrected chi connectivity index (χ1v) is 18.4. The fraction of sp³-hybridized carbons (Fsp3) is 0.684. The Hall–Kier alpha value is -3.12. The molecule has 1 aromatic rings. The molecule has 2 N–H and O–H groups in total. The molecular weight excluding hydrogens is 626 g/mol. The number of hydrogen-bond donors (Lipinski definition) is 2. The van der Waals surface area contributed by atoms with Gasteiger partial charge in [-0.3, -0.25) is 9.80 Å². The number of aliphatic hydroxyl groups excluding tert-OH is 2. The Morgan fingerprint density at radius 3 is 2.61 bits per heavy atom. The quantitative estimate of drug-likeness (QED) is 0.0793. The van der Waals surface area contributed by atoms with Crippen LogP contribution in [-0.2, 0) is 14.3 Å². The highest BCUT2D eigenvalue weighted by Crippen LogP contribution is 2.62. The molecule has 1 saturated heterocycles. The first-order chi connectivity index (χ1) is 24.0. The Bertz CT molecular complexity index is 1320. The molecule has 2 heterocycles. The molecule has 2 fully saturated rings. The minimum Gasteiger partial charge on any atom is -0.492 e. The number of ether oxygens (including phenoxy) is 4. The first-order valence-electron chi connectivity index (χ1n) is 18.4. The van der Waals surface area contributed by atoms with Crippen LogP contribution in [0.3, 0.4) is 0 Å². The van der Waals surface area contributed by atoms with Crippen LogP contribution in [0.1, 0.15) is 76.7 Å². The zero-order chi connectivity index (χ0) is 34.8. The number of fused-ring (bicyclic) bond motifs is 2. The summed E-state index contributed by atoms with van der Waals surface area (Å²) in [5, 5.41) is 24.1. The Labute approximate surface area is 291 Å². The molecule has 0 bridgehead atoms. The third-order valence-electron chi connectivity index (χ3n) is 10.4. The molecule has 1 saturated carbocycles. The third kappa shape index (κ3) is 8.27. The van der Waals surface area contributed by atoms with E-state index in [4.69, 9.17) is 23.8 Å². The van der Waals surface area contributed by atoms with Gasteiger partial charge in [-0.15, -0.1) is 6.58 Å². The van der Waals surface area contributed by atoms with Crippen molar-refractivity contribution in [3.63, 3.8) is 0 Å². The minimum absolute atomic E-state index is 0.0855. The summed E-state index contributed by atoms with van der Waals surface area (Å²) in [7, 11) is 1.55. The second-order valence-corrected chi connectivity index (χ2v) is 13.5. The molecule has 2 aliphatic heterocycles. The third-order valence-corrected chi connectivity index (χ3v) is 10.4. The van der Waals surface area contributed by atoms with Crippen molar-refractivity contribution in [1.29, 1.82) is 0 Å². The van der Waals surface area contributed by atoms with Gasteiger partial charge in [-0.1, -0.05) is 37.1 Å². The molecule has 0 radical (unpaired) electrons. The summed E-state index contributed by atoms with van der Waals surface area (Å²) in [6.07, 6.45) is 9.67. The number of rotatable bonds is 20. The van der Waals surface area contributed by atoms with Crippen LogP contribution in [0, 0.1) is 17.8 Å². The normalized spacial score (nSPS) is 27.7. The summed E-state index contributed by atoms with van der Waals surface area (Å²) >= 11 is 0. The predicted octanol–water partition coefficient (Wildman–Crippen LogP) is 5.51. The van der Waals surface area contributed by atoms with Crippen LogP contribution in [0.5, 0.6) is 11.5 Å². The van der Waals surface area contributed by atoms with E-state index in [9.17, 15) is 15.0 Å². The second kappa shape index (κ2) is 17.7. The summed E-state index contributed by atoms with van der Waals surface area (Å²) in [5.41, 5.74) is 2.83.